The van der Waals surface area contributed by atoms with Gasteiger partial charge < -0.3 is 10.1 Å². The van der Waals surface area contributed by atoms with Crippen molar-refractivity contribution in [2.75, 3.05) is 0 Å². The second-order valence-corrected chi connectivity index (χ2v) is 4.86. The lowest BCUT2D eigenvalue weighted by Crippen LogP contribution is -2.48. The van der Waals surface area contributed by atoms with Crippen molar-refractivity contribution in [1.82, 2.24) is 5.32 Å². The molecule has 0 bridgehead atoms. The van der Waals surface area contributed by atoms with E-state index in [4.69, 9.17) is 4.74 Å². The van der Waals surface area contributed by atoms with Crippen LogP contribution >= 0.6 is 0 Å². The molecule has 0 saturated carbocycles. The van der Waals surface area contributed by atoms with Crippen molar-refractivity contribution in [3.8, 4) is 0 Å². The quantitative estimate of drug-likeness (QED) is 0.635. The Morgan fingerprint density at radius 1 is 1.26 bits per heavy atom. The molecule has 1 atom stereocenters. The molecular weight excluding hydrogens is 263 g/mol. The van der Waals surface area contributed by atoms with Gasteiger partial charge in [0.25, 0.3) is 0 Å². The van der Waals surface area contributed by atoms with E-state index < -0.39 is 29.7 Å². The topological polar surface area (TPSA) is 55.4 Å². The zero-order valence-corrected chi connectivity index (χ0v) is 11.3. The molecule has 0 aliphatic heterocycles. The summed E-state index contributed by atoms with van der Waals surface area (Å²) in [4.78, 5) is 22.5. The molecule has 19 heavy (non-hydrogen) atoms. The summed E-state index contributed by atoms with van der Waals surface area (Å²) in [6.07, 6.45) is -2.05. The van der Waals surface area contributed by atoms with Crippen LogP contribution in [0.4, 0.5) is 13.2 Å². The van der Waals surface area contributed by atoms with Gasteiger partial charge in [-0.25, -0.2) is 4.79 Å². The van der Waals surface area contributed by atoms with Gasteiger partial charge in [-0.15, -0.1) is 0 Å². The van der Waals surface area contributed by atoms with Gasteiger partial charge in [0, 0.05) is 0 Å². The molecule has 0 aliphatic carbocycles. The van der Waals surface area contributed by atoms with Crippen LogP contribution in [0.3, 0.4) is 0 Å². The molecule has 0 heterocycles. The second kappa shape index (κ2) is 6.58. The number of hydrogen-bond donors (Lipinski definition) is 1. The van der Waals surface area contributed by atoms with E-state index >= 15 is 0 Å². The fourth-order valence-electron chi connectivity index (χ4n) is 1.10. The van der Waals surface area contributed by atoms with E-state index in [0.29, 0.717) is 0 Å². The molecule has 110 valence electrons. The van der Waals surface area contributed by atoms with E-state index in [9.17, 15) is 22.8 Å². The number of ether oxygens (including phenoxy) is 1. The Morgan fingerprint density at radius 2 is 1.79 bits per heavy atom. The van der Waals surface area contributed by atoms with Gasteiger partial charge in [-0.2, -0.15) is 13.2 Å². The number of amides is 1. The van der Waals surface area contributed by atoms with Crippen molar-refractivity contribution >= 4 is 11.9 Å². The van der Waals surface area contributed by atoms with Gasteiger partial charge in [0.1, 0.15) is 11.6 Å². The third kappa shape index (κ3) is 7.48. The van der Waals surface area contributed by atoms with Gasteiger partial charge in [-0.3, -0.25) is 4.79 Å². The zero-order valence-electron chi connectivity index (χ0n) is 11.3. The van der Waals surface area contributed by atoms with Gasteiger partial charge in [-0.1, -0.05) is 12.2 Å². The fraction of sp³-hybridized carbons (Fsp3) is 0.667. The molecule has 4 nitrogen and oxygen atoms in total. The molecular formula is C12H18F3NO3. The summed E-state index contributed by atoms with van der Waals surface area (Å²) in [6.45, 7) is 6.41. The zero-order chi connectivity index (χ0) is 15.3. The fourth-order valence-corrected chi connectivity index (χ4v) is 1.10. The highest BCUT2D eigenvalue weighted by molar-refractivity contribution is 5.87. The van der Waals surface area contributed by atoms with Crippen molar-refractivity contribution in [2.45, 2.75) is 51.9 Å². The van der Waals surface area contributed by atoms with Crippen LogP contribution in [0.5, 0.6) is 0 Å². The first-order valence-corrected chi connectivity index (χ1v) is 5.69. The minimum atomic E-state index is -5.03. The summed E-state index contributed by atoms with van der Waals surface area (Å²) in [5.74, 6) is -3.06. The Labute approximate surface area is 110 Å². The molecule has 0 saturated heterocycles. The Kier molecular flexibility index (Phi) is 6.05. The van der Waals surface area contributed by atoms with Gasteiger partial charge in [-0.05, 0) is 34.1 Å². The van der Waals surface area contributed by atoms with Crippen LogP contribution in [-0.2, 0) is 14.3 Å². The number of nitrogens with one attached hydrogen (secondary N) is 1. The van der Waals surface area contributed by atoms with Crippen molar-refractivity contribution in [2.24, 2.45) is 0 Å². The van der Waals surface area contributed by atoms with Crippen molar-refractivity contribution in [1.29, 1.82) is 0 Å². The highest BCUT2D eigenvalue weighted by Crippen LogP contribution is 2.16. The Bertz CT molecular complexity index is 356. The molecule has 0 spiro atoms. The molecule has 1 unspecified atom stereocenters. The maximum atomic E-state index is 12.2. The lowest BCUT2D eigenvalue weighted by atomic mass is 10.1. The number of alkyl halides is 3. The molecule has 0 aromatic heterocycles. The lowest BCUT2D eigenvalue weighted by Gasteiger charge is -2.24. The molecule has 0 rings (SSSR count). The summed E-state index contributed by atoms with van der Waals surface area (Å²) in [5.41, 5.74) is -0.839. The average molecular weight is 281 g/mol. The first-order chi connectivity index (χ1) is 8.47. The van der Waals surface area contributed by atoms with Crippen LogP contribution in [0.1, 0.15) is 34.1 Å². The number of esters is 1. The molecule has 7 heteroatoms. The van der Waals surface area contributed by atoms with Crippen LogP contribution in [-0.4, -0.2) is 29.7 Å². The largest absolute Gasteiger partial charge is 0.471 e. The SMILES string of the molecule is C/C=C/CC(NC(=O)C(F)(F)F)C(=O)OC(C)(C)C. The van der Waals surface area contributed by atoms with Crippen molar-refractivity contribution in [3.63, 3.8) is 0 Å². The first kappa shape index (κ1) is 17.5. The van der Waals surface area contributed by atoms with Crippen molar-refractivity contribution in [3.05, 3.63) is 12.2 Å². The monoisotopic (exact) mass is 281 g/mol. The number of halogens is 3. The number of carbonyl (C=O) groups excluding carboxylic acids is 2. The summed E-state index contributed by atoms with van der Waals surface area (Å²) >= 11 is 0. The predicted octanol–water partition coefficient (Wildman–Crippen LogP) is 2.34. The first-order valence-electron chi connectivity index (χ1n) is 5.69. The minimum absolute atomic E-state index is 0.0623. The molecule has 1 N–H and O–H groups in total. The average Bonchev–Trinajstić information content (AvgIpc) is 2.19. The molecule has 1 amide bonds. The maximum Gasteiger partial charge on any atom is 0.471 e. The maximum absolute atomic E-state index is 12.2. The van der Waals surface area contributed by atoms with Gasteiger partial charge >= 0.3 is 18.1 Å². The molecule has 0 aromatic rings. The molecule has 0 fully saturated rings. The van der Waals surface area contributed by atoms with Gasteiger partial charge in [0.2, 0.25) is 0 Å². The normalized spacial score (nSPS) is 14.3. The molecule has 0 aliphatic rings. The third-order valence-corrected chi connectivity index (χ3v) is 1.86. The Balaban J connectivity index is 4.82. The number of rotatable bonds is 4. The van der Waals surface area contributed by atoms with Crippen LogP contribution in [0.2, 0.25) is 0 Å². The van der Waals surface area contributed by atoms with Crippen LogP contribution < -0.4 is 5.32 Å². The van der Waals surface area contributed by atoms with E-state index in [0.717, 1.165) is 0 Å². The van der Waals surface area contributed by atoms with Crippen LogP contribution in [0.15, 0.2) is 12.2 Å². The molecule has 0 radical (unpaired) electrons. The predicted molar refractivity (Wildman–Crippen MR) is 63.3 cm³/mol. The van der Waals surface area contributed by atoms with E-state index in [1.54, 1.807) is 39.1 Å². The lowest BCUT2D eigenvalue weighted by molar-refractivity contribution is -0.177. The summed E-state index contributed by atoms with van der Waals surface area (Å²) in [6, 6.07) is -1.36. The van der Waals surface area contributed by atoms with E-state index in [1.165, 1.54) is 6.08 Å². The Hall–Kier alpha value is -1.53. The minimum Gasteiger partial charge on any atom is -0.458 e. The standard InChI is InChI=1S/C12H18F3NO3/c1-5-6-7-8(9(17)19-11(2,3)4)16-10(18)12(13,14)15/h5-6,8H,7H2,1-4H3,(H,16,18)/b6-5+. The molecule has 0 aromatic carbocycles. The summed E-state index contributed by atoms with van der Waals surface area (Å²) < 4.78 is 41.4. The van der Waals surface area contributed by atoms with Gasteiger partial charge in [0.15, 0.2) is 0 Å². The van der Waals surface area contributed by atoms with Gasteiger partial charge in [0.05, 0.1) is 0 Å². The highest BCUT2D eigenvalue weighted by atomic mass is 19.4. The highest BCUT2D eigenvalue weighted by Gasteiger charge is 2.41. The van der Waals surface area contributed by atoms with E-state index in [-0.39, 0.29) is 6.42 Å². The van der Waals surface area contributed by atoms with Crippen LogP contribution in [0, 0.1) is 0 Å². The van der Waals surface area contributed by atoms with E-state index in [2.05, 4.69) is 0 Å². The smallest absolute Gasteiger partial charge is 0.458 e. The van der Waals surface area contributed by atoms with Crippen molar-refractivity contribution < 1.29 is 27.5 Å². The van der Waals surface area contributed by atoms with E-state index in [1.807, 2.05) is 0 Å². The summed E-state index contributed by atoms with van der Waals surface area (Å²) in [5, 5.41) is 1.62. The number of hydrogen-bond acceptors (Lipinski definition) is 3. The second-order valence-electron chi connectivity index (χ2n) is 4.86. The Morgan fingerprint density at radius 3 is 2.16 bits per heavy atom. The van der Waals surface area contributed by atoms with Crippen LogP contribution in [0.25, 0.3) is 0 Å². The third-order valence-electron chi connectivity index (χ3n) is 1.86. The number of carbonyl (C=O) groups is 2. The number of allylic oxidation sites excluding steroid dienone is 1. The summed E-state index contributed by atoms with van der Waals surface area (Å²) in [7, 11) is 0.